The summed E-state index contributed by atoms with van der Waals surface area (Å²) in [5.74, 6) is 1.05. The van der Waals surface area contributed by atoms with Gasteiger partial charge in [-0.15, -0.1) is 10.2 Å². The van der Waals surface area contributed by atoms with Gasteiger partial charge >= 0.3 is 0 Å². The molecule has 1 aromatic carbocycles. The number of nitrogens with one attached hydrogen (secondary N) is 1. The molecular formula is C19H24N4O2S. The van der Waals surface area contributed by atoms with Gasteiger partial charge in [-0.3, -0.25) is 9.59 Å². The molecular weight excluding hydrogens is 348 g/mol. The lowest BCUT2D eigenvalue weighted by molar-refractivity contribution is -0.125. The van der Waals surface area contributed by atoms with Crippen molar-refractivity contribution in [1.29, 1.82) is 0 Å². The minimum absolute atomic E-state index is 0.0384. The molecule has 0 radical (unpaired) electrons. The number of aryl methyl sites for hydroxylation is 1. The number of aromatic nitrogens is 3. The maximum absolute atomic E-state index is 12.3. The second-order valence-corrected chi connectivity index (χ2v) is 7.51. The number of thioether (sulfide) groups is 1. The van der Waals surface area contributed by atoms with Crippen LogP contribution in [0.3, 0.4) is 0 Å². The van der Waals surface area contributed by atoms with E-state index in [1.165, 1.54) is 25.1 Å². The zero-order chi connectivity index (χ0) is 18.4. The number of hydrogen-bond acceptors (Lipinski definition) is 5. The van der Waals surface area contributed by atoms with E-state index >= 15 is 0 Å². The van der Waals surface area contributed by atoms with Crippen molar-refractivity contribution in [3.63, 3.8) is 0 Å². The zero-order valence-corrected chi connectivity index (χ0v) is 15.8. The highest BCUT2D eigenvalue weighted by Crippen LogP contribution is 2.21. The fourth-order valence-corrected chi connectivity index (χ4v) is 3.87. The van der Waals surface area contributed by atoms with E-state index in [2.05, 4.69) is 20.1 Å². The molecule has 0 aliphatic carbocycles. The van der Waals surface area contributed by atoms with Gasteiger partial charge in [-0.2, -0.15) is 0 Å². The van der Waals surface area contributed by atoms with Gasteiger partial charge in [-0.25, -0.2) is 0 Å². The normalized spacial score (nSPS) is 15.0. The number of fused-ring (bicyclic) bond motifs is 1. The molecule has 0 spiro atoms. The van der Waals surface area contributed by atoms with Crippen LogP contribution in [-0.2, 0) is 29.0 Å². The molecule has 26 heavy (non-hydrogen) atoms. The Morgan fingerprint density at radius 2 is 2.00 bits per heavy atom. The van der Waals surface area contributed by atoms with Crippen molar-refractivity contribution in [3.8, 4) is 0 Å². The van der Waals surface area contributed by atoms with Crippen molar-refractivity contribution < 1.29 is 9.59 Å². The highest BCUT2D eigenvalue weighted by Gasteiger charge is 2.20. The van der Waals surface area contributed by atoms with E-state index < -0.39 is 6.04 Å². The van der Waals surface area contributed by atoms with Crippen LogP contribution >= 0.6 is 11.8 Å². The monoisotopic (exact) mass is 372 g/mol. The summed E-state index contributed by atoms with van der Waals surface area (Å²) in [5.41, 5.74) is 1.03. The first-order chi connectivity index (χ1) is 12.6. The smallest absolute Gasteiger partial charge is 0.231 e. The average molecular weight is 372 g/mol. The second kappa shape index (κ2) is 8.98. The first kappa shape index (κ1) is 18.6. The molecule has 1 aliphatic heterocycles. The van der Waals surface area contributed by atoms with Crippen LogP contribution in [0.2, 0.25) is 0 Å². The van der Waals surface area contributed by atoms with Crippen molar-refractivity contribution in [2.24, 2.45) is 0 Å². The molecule has 0 fully saturated rings. The number of Topliss-reactive ketones (excluding diaryl/α,β-unsaturated/α-hetero) is 1. The third kappa shape index (κ3) is 4.94. The van der Waals surface area contributed by atoms with Crippen LogP contribution in [0.25, 0.3) is 0 Å². The summed E-state index contributed by atoms with van der Waals surface area (Å²) < 4.78 is 2.12. The van der Waals surface area contributed by atoms with Crippen LogP contribution in [0, 0.1) is 0 Å². The van der Waals surface area contributed by atoms with E-state index in [-0.39, 0.29) is 17.4 Å². The van der Waals surface area contributed by atoms with Crippen molar-refractivity contribution in [3.05, 3.63) is 41.7 Å². The molecule has 1 amide bonds. The Balaban J connectivity index is 1.56. The van der Waals surface area contributed by atoms with Crippen molar-refractivity contribution >= 4 is 23.5 Å². The molecule has 6 nitrogen and oxygen atoms in total. The van der Waals surface area contributed by atoms with Gasteiger partial charge in [-0.1, -0.05) is 48.5 Å². The second-order valence-electron chi connectivity index (χ2n) is 6.57. The van der Waals surface area contributed by atoms with E-state index in [0.29, 0.717) is 6.42 Å². The molecule has 0 unspecified atom stereocenters. The SMILES string of the molecule is CC(=O)[C@H](Cc1ccccc1)NC(=O)CSc1nnc2n1CCCCC2. The number of carbonyl (C=O) groups is 2. The standard InChI is InChI=1S/C19H24N4O2S/c1-14(24)16(12-15-8-4-2-5-9-15)20-18(25)13-26-19-22-21-17-10-6-3-7-11-23(17)19/h2,4-5,8-9,16H,3,6-7,10-13H2,1H3,(H,20,25)/t16-/m0/s1. The van der Waals surface area contributed by atoms with E-state index in [1.807, 2.05) is 30.3 Å². The van der Waals surface area contributed by atoms with Gasteiger partial charge in [-0.05, 0) is 31.7 Å². The maximum Gasteiger partial charge on any atom is 0.231 e. The quantitative estimate of drug-likeness (QED) is 0.755. The van der Waals surface area contributed by atoms with E-state index in [4.69, 9.17) is 0 Å². The van der Waals surface area contributed by atoms with Crippen LogP contribution < -0.4 is 5.32 Å². The summed E-state index contributed by atoms with van der Waals surface area (Å²) in [6.07, 6.45) is 4.92. The van der Waals surface area contributed by atoms with Gasteiger partial charge in [0, 0.05) is 13.0 Å². The third-order valence-electron chi connectivity index (χ3n) is 4.52. The van der Waals surface area contributed by atoms with E-state index in [1.54, 1.807) is 0 Å². The zero-order valence-electron chi connectivity index (χ0n) is 15.0. The number of ketones is 1. The molecule has 2 aromatic rings. The number of amides is 1. The van der Waals surface area contributed by atoms with Crippen molar-refractivity contribution in [2.45, 2.75) is 56.8 Å². The lowest BCUT2D eigenvalue weighted by Gasteiger charge is -2.16. The molecule has 0 saturated heterocycles. The van der Waals surface area contributed by atoms with Gasteiger partial charge in [0.1, 0.15) is 5.82 Å². The van der Waals surface area contributed by atoms with Crippen LogP contribution in [0.5, 0.6) is 0 Å². The molecule has 0 bridgehead atoms. The topological polar surface area (TPSA) is 76.9 Å². The summed E-state index contributed by atoms with van der Waals surface area (Å²) in [6, 6.07) is 9.22. The molecule has 0 saturated carbocycles. The first-order valence-corrected chi connectivity index (χ1v) is 10.0. The maximum atomic E-state index is 12.3. The van der Waals surface area contributed by atoms with Gasteiger partial charge in [0.05, 0.1) is 11.8 Å². The third-order valence-corrected chi connectivity index (χ3v) is 5.48. The summed E-state index contributed by atoms with van der Waals surface area (Å²) in [6.45, 7) is 2.43. The fourth-order valence-electron chi connectivity index (χ4n) is 3.08. The average Bonchev–Trinajstić information content (AvgIpc) is 2.86. The number of benzene rings is 1. The number of carbonyl (C=O) groups excluding carboxylic acids is 2. The lowest BCUT2D eigenvalue weighted by atomic mass is 10.0. The fraction of sp³-hybridized carbons (Fsp3) is 0.474. The predicted molar refractivity (Wildman–Crippen MR) is 101 cm³/mol. The Hall–Kier alpha value is -2.15. The summed E-state index contributed by atoms with van der Waals surface area (Å²) >= 11 is 1.39. The number of nitrogens with zero attached hydrogens (tertiary/aromatic N) is 3. The van der Waals surface area contributed by atoms with Gasteiger partial charge in [0.15, 0.2) is 10.9 Å². The Morgan fingerprint density at radius 1 is 1.19 bits per heavy atom. The largest absolute Gasteiger partial charge is 0.345 e. The molecule has 1 aliphatic rings. The predicted octanol–water partition coefficient (Wildman–Crippen LogP) is 2.41. The van der Waals surface area contributed by atoms with Gasteiger partial charge in [0.25, 0.3) is 0 Å². The minimum atomic E-state index is -0.499. The molecule has 1 aromatic heterocycles. The highest BCUT2D eigenvalue weighted by atomic mass is 32.2. The van der Waals surface area contributed by atoms with Crippen molar-refractivity contribution in [1.82, 2.24) is 20.1 Å². The minimum Gasteiger partial charge on any atom is -0.345 e. The molecule has 7 heteroatoms. The number of hydrogen-bond donors (Lipinski definition) is 1. The molecule has 1 N–H and O–H groups in total. The van der Waals surface area contributed by atoms with Crippen LogP contribution in [-0.4, -0.2) is 38.2 Å². The van der Waals surface area contributed by atoms with Crippen molar-refractivity contribution in [2.75, 3.05) is 5.75 Å². The first-order valence-electron chi connectivity index (χ1n) is 9.02. The van der Waals surface area contributed by atoms with Gasteiger partial charge in [0.2, 0.25) is 5.91 Å². The van der Waals surface area contributed by atoms with Crippen LogP contribution in [0.15, 0.2) is 35.5 Å². The summed E-state index contributed by atoms with van der Waals surface area (Å²) in [4.78, 5) is 24.2. The number of rotatable bonds is 7. The molecule has 138 valence electrons. The summed E-state index contributed by atoms with van der Waals surface area (Å²) in [7, 11) is 0. The molecule has 2 heterocycles. The molecule has 3 rings (SSSR count). The van der Waals surface area contributed by atoms with Crippen LogP contribution in [0.4, 0.5) is 0 Å². The van der Waals surface area contributed by atoms with E-state index in [9.17, 15) is 9.59 Å². The Labute approximate surface area is 157 Å². The Kier molecular flexibility index (Phi) is 6.44. The Bertz CT molecular complexity index is 760. The van der Waals surface area contributed by atoms with Gasteiger partial charge < -0.3 is 9.88 Å². The Morgan fingerprint density at radius 3 is 2.77 bits per heavy atom. The van der Waals surface area contributed by atoms with Crippen LogP contribution in [0.1, 0.15) is 37.6 Å². The molecule has 1 atom stereocenters. The highest BCUT2D eigenvalue weighted by molar-refractivity contribution is 7.99. The van der Waals surface area contributed by atoms with E-state index in [0.717, 1.165) is 42.4 Å². The summed E-state index contributed by atoms with van der Waals surface area (Å²) in [5, 5.41) is 12.1. The lowest BCUT2D eigenvalue weighted by Crippen LogP contribution is -2.42.